The zero-order chi connectivity index (χ0) is 8.58. The van der Waals surface area contributed by atoms with Crippen LogP contribution in [0.25, 0.3) is 0 Å². The van der Waals surface area contributed by atoms with E-state index in [1.54, 1.807) is 0 Å². The van der Waals surface area contributed by atoms with Gasteiger partial charge in [-0.2, -0.15) is 0 Å². The minimum atomic E-state index is -2.11. The van der Waals surface area contributed by atoms with Gasteiger partial charge in [0.1, 0.15) is 0 Å². The largest absolute Gasteiger partial charge is 0.306 e. The van der Waals surface area contributed by atoms with Gasteiger partial charge in [0.05, 0.1) is 0 Å². The summed E-state index contributed by atoms with van der Waals surface area (Å²) in [6.45, 7) is 7.85. The summed E-state index contributed by atoms with van der Waals surface area (Å²) in [5.41, 5.74) is 0. The van der Waals surface area contributed by atoms with Crippen LogP contribution in [0.3, 0.4) is 0 Å². The van der Waals surface area contributed by atoms with Crippen molar-refractivity contribution in [1.29, 1.82) is 0 Å². The highest BCUT2D eigenvalue weighted by molar-refractivity contribution is 7.62. The fraction of sp³-hybridized carbons (Fsp3) is 1.00. The van der Waals surface area contributed by atoms with Gasteiger partial charge in [-0.25, -0.2) is 0 Å². The molecule has 0 bridgehead atoms. The lowest BCUT2D eigenvalue weighted by Crippen LogP contribution is -2.23. The molecule has 62 valence electrons. The third kappa shape index (κ3) is 1.83. The van der Waals surface area contributed by atoms with Gasteiger partial charge in [-0.15, -0.1) is 0 Å². The number of hydrogen-bond donors (Lipinski definition) is 0. The van der Waals surface area contributed by atoms with Crippen molar-refractivity contribution in [2.24, 2.45) is 0 Å². The predicted molar refractivity (Wildman–Crippen MR) is 47.0 cm³/mol. The Morgan fingerprint density at radius 1 is 1.20 bits per heavy atom. The minimum absolute atomic E-state index is 0.101. The number of nitrogens with zero attached hydrogens (tertiary/aromatic N) is 1. The molecule has 0 N–H and O–H groups in total. The fourth-order valence-electron chi connectivity index (χ4n) is 0.600. The van der Waals surface area contributed by atoms with E-state index in [4.69, 9.17) is 0 Å². The van der Waals surface area contributed by atoms with Crippen molar-refractivity contribution in [3.8, 4) is 0 Å². The Labute approximate surface area is 64.0 Å². The minimum Gasteiger partial charge on any atom is -0.306 e. The molecule has 0 aromatic heterocycles. The lowest BCUT2D eigenvalue weighted by Gasteiger charge is -2.32. The topological polar surface area (TPSA) is 20.3 Å². The summed E-state index contributed by atoms with van der Waals surface area (Å²) in [6, 6.07) is 0. The van der Waals surface area contributed by atoms with Crippen molar-refractivity contribution in [3.63, 3.8) is 0 Å². The molecule has 10 heavy (non-hydrogen) atoms. The van der Waals surface area contributed by atoms with Crippen LogP contribution in [0.5, 0.6) is 0 Å². The summed E-state index contributed by atoms with van der Waals surface area (Å²) in [5, 5.41) is -0.101. The van der Waals surface area contributed by atoms with Crippen LogP contribution in [0.1, 0.15) is 20.8 Å². The normalized spacial score (nSPS) is 19.1. The number of rotatable bonds is 1. The molecule has 1 atom stereocenters. The first-order chi connectivity index (χ1) is 4.19. The van der Waals surface area contributed by atoms with Crippen LogP contribution < -0.4 is 0 Å². The Morgan fingerprint density at radius 3 is 1.50 bits per heavy atom. The van der Waals surface area contributed by atoms with E-state index < -0.39 is 7.29 Å². The van der Waals surface area contributed by atoms with Crippen LogP contribution in [-0.2, 0) is 4.57 Å². The molecule has 0 heterocycles. The monoisotopic (exact) mass is 163 g/mol. The summed E-state index contributed by atoms with van der Waals surface area (Å²) in [4.78, 5) is 0. The summed E-state index contributed by atoms with van der Waals surface area (Å²) in [5.74, 6) is 0. The Bertz CT molecular complexity index is 157. The van der Waals surface area contributed by atoms with Crippen molar-refractivity contribution >= 4 is 7.29 Å². The first-order valence-corrected chi connectivity index (χ1v) is 5.55. The Morgan fingerprint density at radius 2 is 1.50 bits per heavy atom. The maximum absolute atomic E-state index is 11.9. The molecule has 0 aliphatic heterocycles. The fourth-order valence-corrected chi connectivity index (χ4v) is 1.80. The first-order valence-electron chi connectivity index (χ1n) is 3.45. The van der Waals surface area contributed by atoms with Crippen molar-refractivity contribution in [2.45, 2.75) is 25.9 Å². The highest BCUT2D eigenvalue weighted by Crippen LogP contribution is 2.55. The van der Waals surface area contributed by atoms with E-state index >= 15 is 0 Å². The molecule has 0 saturated heterocycles. The number of hydrogen-bond acceptors (Lipinski definition) is 1. The van der Waals surface area contributed by atoms with E-state index in [0.717, 1.165) is 0 Å². The average molecular weight is 163 g/mol. The van der Waals surface area contributed by atoms with Crippen LogP contribution in [0, 0.1) is 0 Å². The van der Waals surface area contributed by atoms with Gasteiger partial charge >= 0.3 is 0 Å². The summed E-state index contributed by atoms with van der Waals surface area (Å²) in [6.07, 6.45) is 0. The molecule has 0 aliphatic rings. The van der Waals surface area contributed by atoms with Crippen LogP contribution in [0.15, 0.2) is 0 Å². The van der Waals surface area contributed by atoms with Crippen molar-refractivity contribution in [2.75, 3.05) is 20.8 Å². The summed E-state index contributed by atoms with van der Waals surface area (Å²) < 4.78 is 13.7. The molecule has 0 aromatic rings. The second-order valence-electron chi connectivity index (χ2n) is 3.90. The average Bonchev–Trinajstić information content (AvgIpc) is 1.62. The quantitative estimate of drug-likeness (QED) is 0.552. The summed E-state index contributed by atoms with van der Waals surface area (Å²) >= 11 is 0. The van der Waals surface area contributed by atoms with Gasteiger partial charge in [0.2, 0.25) is 0 Å². The molecule has 2 nitrogen and oxygen atoms in total. The van der Waals surface area contributed by atoms with E-state index in [1.807, 2.05) is 46.2 Å². The van der Waals surface area contributed by atoms with Crippen molar-refractivity contribution in [3.05, 3.63) is 0 Å². The van der Waals surface area contributed by atoms with Gasteiger partial charge in [-0.3, -0.25) is 4.67 Å². The van der Waals surface area contributed by atoms with E-state index in [9.17, 15) is 4.57 Å². The molecule has 0 radical (unpaired) electrons. The first kappa shape index (κ1) is 10.2. The van der Waals surface area contributed by atoms with Crippen molar-refractivity contribution < 1.29 is 4.57 Å². The smallest absolute Gasteiger partial charge is 0.152 e. The molecular weight excluding hydrogens is 145 g/mol. The van der Waals surface area contributed by atoms with Crippen LogP contribution in [0.4, 0.5) is 0 Å². The molecule has 0 saturated carbocycles. The Kier molecular flexibility index (Phi) is 2.72. The van der Waals surface area contributed by atoms with Crippen LogP contribution in [0.2, 0.25) is 0 Å². The maximum atomic E-state index is 11.9. The third-order valence-corrected chi connectivity index (χ3v) is 6.02. The van der Waals surface area contributed by atoms with E-state index in [2.05, 4.69) is 0 Å². The van der Waals surface area contributed by atoms with Gasteiger partial charge in [0.25, 0.3) is 0 Å². The zero-order valence-corrected chi connectivity index (χ0v) is 8.70. The van der Waals surface area contributed by atoms with Crippen LogP contribution in [-0.4, -0.2) is 30.6 Å². The molecule has 1 unspecified atom stereocenters. The predicted octanol–water partition coefficient (Wildman–Crippen LogP) is 2.25. The highest BCUT2D eigenvalue weighted by atomic mass is 31.2. The van der Waals surface area contributed by atoms with E-state index in [1.165, 1.54) is 0 Å². The molecule has 0 aromatic carbocycles. The van der Waals surface area contributed by atoms with E-state index in [-0.39, 0.29) is 5.16 Å². The molecule has 0 amide bonds. The van der Waals surface area contributed by atoms with Gasteiger partial charge < -0.3 is 4.57 Å². The van der Waals surface area contributed by atoms with Crippen molar-refractivity contribution in [1.82, 2.24) is 4.67 Å². The molecule has 0 rings (SSSR count). The van der Waals surface area contributed by atoms with E-state index in [0.29, 0.717) is 0 Å². The molecule has 0 spiro atoms. The molecular formula is C7H18NOP. The molecule has 0 fully saturated rings. The zero-order valence-electron chi connectivity index (χ0n) is 7.80. The van der Waals surface area contributed by atoms with Gasteiger partial charge in [0, 0.05) is 11.8 Å². The van der Waals surface area contributed by atoms with Gasteiger partial charge in [-0.1, -0.05) is 20.8 Å². The third-order valence-electron chi connectivity index (χ3n) is 2.01. The van der Waals surface area contributed by atoms with Crippen LogP contribution >= 0.6 is 7.29 Å². The Hall–Kier alpha value is 0.190. The maximum Gasteiger partial charge on any atom is 0.152 e. The second kappa shape index (κ2) is 2.67. The molecule has 0 aliphatic carbocycles. The standard InChI is InChI=1S/C7H18NOP/c1-7(2,3)10(6,9)8(4)5/h1-6H3. The summed E-state index contributed by atoms with van der Waals surface area (Å²) in [7, 11) is 1.62. The Balaban J connectivity index is 4.59. The van der Waals surface area contributed by atoms with Gasteiger partial charge in [-0.05, 0) is 14.1 Å². The highest BCUT2D eigenvalue weighted by Gasteiger charge is 2.33. The van der Waals surface area contributed by atoms with Gasteiger partial charge in [0.15, 0.2) is 7.29 Å². The SMILES string of the molecule is CN(C)P(C)(=O)C(C)(C)C. The second-order valence-corrected chi connectivity index (χ2v) is 7.80. The lowest BCUT2D eigenvalue weighted by molar-refractivity contribution is 0.489. The molecule has 3 heteroatoms. The lowest BCUT2D eigenvalue weighted by atomic mass is 10.3.